The van der Waals surface area contributed by atoms with Crippen LogP contribution in [0.3, 0.4) is 0 Å². The average molecular weight is 456 g/mol. The van der Waals surface area contributed by atoms with Gasteiger partial charge >= 0.3 is 0 Å². The van der Waals surface area contributed by atoms with E-state index in [0.717, 1.165) is 9.13 Å². The number of hydrogen-bond acceptors (Lipinski definition) is 6. The minimum atomic E-state index is -0.549. The molecule has 0 atom stereocenters. The number of nitrogens with zero attached hydrogens (tertiary/aromatic N) is 2. The van der Waals surface area contributed by atoms with Gasteiger partial charge in [0.05, 0.1) is 46.1 Å². The van der Waals surface area contributed by atoms with Gasteiger partial charge in [-0.3, -0.25) is 19.2 Å². The third-order valence-electron chi connectivity index (χ3n) is 5.70. The molecule has 5 rings (SSSR count). The van der Waals surface area contributed by atoms with Gasteiger partial charge in [-0.1, -0.05) is 0 Å². The van der Waals surface area contributed by atoms with Crippen LogP contribution in [0.25, 0.3) is 32.9 Å². The zero-order valence-corrected chi connectivity index (χ0v) is 18.5. The molecule has 2 heterocycles. The van der Waals surface area contributed by atoms with Crippen molar-refractivity contribution >= 4 is 21.5 Å². The highest BCUT2D eigenvalue weighted by molar-refractivity contribution is 5.98. The third kappa shape index (κ3) is 3.23. The first-order valence-corrected chi connectivity index (χ1v) is 10.9. The zero-order valence-electron chi connectivity index (χ0n) is 18.5. The van der Waals surface area contributed by atoms with Crippen LogP contribution in [0.2, 0.25) is 0 Å². The fourth-order valence-electron chi connectivity index (χ4n) is 4.16. The van der Waals surface area contributed by atoms with E-state index in [1.54, 1.807) is 48.5 Å². The minimum absolute atomic E-state index is 0.0901. The van der Waals surface area contributed by atoms with Crippen LogP contribution in [0, 0.1) is 0 Å². The molecule has 0 aliphatic carbocycles. The molecule has 0 fully saturated rings. The van der Waals surface area contributed by atoms with Crippen LogP contribution in [-0.2, 0) is 0 Å². The molecule has 0 bridgehead atoms. The van der Waals surface area contributed by atoms with Crippen molar-refractivity contribution in [1.29, 1.82) is 0 Å². The monoisotopic (exact) mass is 456 g/mol. The second kappa shape index (κ2) is 8.15. The Hall–Kier alpha value is -4.46. The molecule has 8 nitrogen and oxygen atoms in total. The van der Waals surface area contributed by atoms with Crippen molar-refractivity contribution < 1.29 is 9.47 Å². The van der Waals surface area contributed by atoms with Gasteiger partial charge in [-0.2, -0.15) is 0 Å². The molecule has 34 heavy (non-hydrogen) atoms. The molecule has 0 saturated heterocycles. The van der Waals surface area contributed by atoms with E-state index in [9.17, 15) is 19.2 Å². The lowest BCUT2D eigenvalue weighted by molar-refractivity contribution is 0.340. The molecule has 2 aromatic heterocycles. The van der Waals surface area contributed by atoms with E-state index < -0.39 is 22.2 Å². The molecule has 0 amide bonds. The molecule has 8 heteroatoms. The number of benzene rings is 3. The summed E-state index contributed by atoms with van der Waals surface area (Å²) in [5, 5.41) is 0.360. The summed E-state index contributed by atoms with van der Waals surface area (Å²) in [6.07, 6.45) is 0. The van der Waals surface area contributed by atoms with E-state index >= 15 is 0 Å². The molecule has 0 radical (unpaired) electrons. The largest absolute Gasteiger partial charge is 0.494 e. The standard InChI is InChI=1S/C26H20N2O6/c1-3-33-17-9-5-15(6-10-17)27-23(29)19-13-21-22(14-20(19)24(27)30)26(32)28(25(21)31)16-7-11-18(12-8-16)34-4-2/h5-14H,3-4H2,1-2H3. The number of aromatic nitrogens is 2. The summed E-state index contributed by atoms with van der Waals surface area (Å²) in [5.74, 6) is 1.24. The van der Waals surface area contributed by atoms with Crippen molar-refractivity contribution in [3.8, 4) is 22.9 Å². The van der Waals surface area contributed by atoms with E-state index in [0.29, 0.717) is 36.1 Å². The SMILES string of the molecule is CCOc1ccc(-n2c(=O)c3cc4c(=O)n(-c5ccc(OCC)cc5)c(=O)c4cc3c2=O)cc1. The van der Waals surface area contributed by atoms with Crippen LogP contribution in [0.5, 0.6) is 11.5 Å². The van der Waals surface area contributed by atoms with E-state index in [1.807, 2.05) is 13.8 Å². The Labute approximate surface area is 192 Å². The van der Waals surface area contributed by atoms with Crippen molar-refractivity contribution in [2.75, 3.05) is 13.2 Å². The fourth-order valence-corrected chi connectivity index (χ4v) is 4.16. The molecule has 0 aliphatic rings. The Bertz CT molecular complexity index is 1530. The lowest BCUT2D eigenvalue weighted by Gasteiger charge is -2.04. The van der Waals surface area contributed by atoms with Gasteiger partial charge in [0.1, 0.15) is 11.5 Å². The second-order valence-electron chi connectivity index (χ2n) is 7.69. The van der Waals surface area contributed by atoms with E-state index in [4.69, 9.17) is 9.47 Å². The lowest BCUT2D eigenvalue weighted by Crippen LogP contribution is -2.24. The smallest absolute Gasteiger partial charge is 0.266 e. The van der Waals surface area contributed by atoms with Crippen LogP contribution >= 0.6 is 0 Å². The second-order valence-corrected chi connectivity index (χ2v) is 7.69. The summed E-state index contributed by atoms with van der Waals surface area (Å²) in [7, 11) is 0. The van der Waals surface area contributed by atoms with Crippen molar-refractivity contribution in [3.63, 3.8) is 0 Å². The predicted octanol–water partition coefficient (Wildman–Crippen LogP) is 2.69. The maximum Gasteiger partial charge on any atom is 0.266 e. The van der Waals surface area contributed by atoms with Crippen LogP contribution in [0.4, 0.5) is 0 Å². The highest BCUT2D eigenvalue weighted by Gasteiger charge is 2.21. The van der Waals surface area contributed by atoms with Crippen molar-refractivity contribution in [2.24, 2.45) is 0 Å². The highest BCUT2D eigenvalue weighted by Crippen LogP contribution is 2.19. The van der Waals surface area contributed by atoms with Gasteiger partial charge in [-0.05, 0) is 74.5 Å². The normalized spacial score (nSPS) is 11.4. The molecule has 0 saturated carbocycles. The van der Waals surface area contributed by atoms with Crippen molar-refractivity contribution in [1.82, 2.24) is 9.13 Å². The summed E-state index contributed by atoms with van der Waals surface area (Å²) < 4.78 is 12.9. The van der Waals surface area contributed by atoms with Gasteiger partial charge in [0, 0.05) is 0 Å². The first kappa shape index (κ1) is 21.4. The van der Waals surface area contributed by atoms with Gasteiger partial charge in [-0.25, -0.2) is 9.13 Å². The average Bonchev–Trinajstić information content (AvgIpc) is 3.23. The van der Waals surface area contributed by atoms with Gasteiger partial charge < -0.3 is 9.47 Å². The summed E-state index contributed by atoms with van der Waals surface area (Å²) in [5.41, 5.74) is -1.44. The molecule has 0 N–H and O–H groups in total. The number of hydrogen-bond donors (Lipinski definition) is 0. The lowest BCUT2D eigenvalue weighted by atomic mass is 10.1. The van der Waals surface area contributed by atoms with Crippen molar-refractivity contribution in [3.05, 3.63) is 102 Å². The number of fused-ring (bicyclic) bond motifs is 2. The molecule has 0 unspecified atom stereocenters. The Morgan fingerprint density at radius 2 is 0.824 bits per heavy atom. The third-order valence-corrected chi connectivity index (χ3v) is 5.70. The molecule has 0 spiro atoms. The summed E-state index contributed by atoms with van der Waals surface area (Å²) in [6, 6.07) is 15.8. The molecule has 3 aromatic carbocycles. The topological polar surface area (TPSA) is 96.6 Å². The summed E-state index contributed by atoms with van der Waals surface area (Å²) in [4.78, 5) is 52.4. The van der Waals surface area contributed by atoms with Gasteiger partial charge in [0.25, 0.3) is 22.2 Å². The van der Waals surface area contributed by atoms with Gasteiger partial charge in [-0.15, -0.1) is 0 Å². The Balaban J connectivity index is 1.69. The first-order valence-electron chi connectivity index (χ1n) is 10.9. The van der Waals surface area contributed by atoms with E-state index in [-0.39, 0.29) is 21.5 Å². The number of ether oxygens (including phenoxy) is 2. The Kier molecular flexibility index (Phi) is 5.13. The quantitative estimate of drug-likeness (QED) is 0.390. The van der Waals surface area contributed by atoms with Crippen LogP contribution in [-0.4, -0.2) is 22.3 Å². The molecular weight excluding hydrogens is 436 g/mol. The van der Waals surface area contributed by atoms with Crippen LogP contribution in [0.1, 0.15) is 13.8 Å². The van der Waals surface area contributed by atoms with Gasteiger partial charge in [0.2, 0.25) is 0 Å². The molecule has 5 aromatic rings. The molecule has 170 valence electrons. The Morgan fingerprint density at radius 1 is 0.529 bits per heavy atom. The van der Waals surface area contributed by atoms with E-state index in [1.165, 1.54) is 12.1 Å². The minimum Gasteiger partial charge on any atom is -0.494 e. The van der Waals surface area contributed by atoms with Gasteiger partial charge in [0.15, 0.2) is 0 Å². The van der Waals surface area contributed by atoms with Crippen molar-refractivity contribution in [2.45, 2.75) is 13.8 Å². The Morgan fingerprint density at radius 3 is 1.09 bits per heavy atom. The van der Waals surface area contributed by atoms with Crippen LogP contribution in [0.15, 0.2) is 79.8 Å². The zero-order chi connectivity index (χ0) is 24.0. The molecule has 0 aliphatic heterocycles. The fraction of sp³-hybridized carbons (Fsp3) is 0.154. The summed E-state index contributed by atoms with van der Waals surface area (Å²) >= 11 is 0. The predicted molar refractivity (Wildman–Crippen MR) is 130 cm³/mol. The summed E-state index contributed by atoms with van der Waals surface area (Å²) in [6.45, 7) is 4.70. The molecular formula is C26H20N2O6. The van der Waals surface area contributed by atoms with Crippen LogP contribution < -0.4 is 31.7 Å². The highest BCUT2D eigenvalue weighted by atomic mass is 16.5. The maximum atomic E-state index is 13.1. The number of rotatable bonds is 6. The van der Waals surface area contributed by atoms with E-state index in [2.05, 4.69) is 0 Å². The maximum absolute atomic E-state index is 13.1. The first-order chi connectivity index (χ1) is 16.4.